The van der Waals surface area contributed by atoms with Gasteiger partial charge in [-0.05, 0) is 31.2 Å². The highest BCUT2D eigenvalue weighted by Gasteiger charge is 2.03. The van der Waals surface area contributed by atoms with Crippen molar-refractivity contribution in [1.29, 1.82) is 0 Å². The summed E-state index contributed by atoms with van der Waals surface area (Å²) in [4.78, 5) is 16.0. The summed E-state index contributed by atoms with van der Waals surface area (Å²) in [7, 11) is 0. The fourth-order valence-corrected chi connectivity index (χ4v) is 1.69. The van der Waals surface area contributed by atoms with Crippen LogP contribution in [0.1, 0.15) is 11.4 Å². The van der Waals surface area contributed by atoms with Gasteiger partial charge in [-0.3, -0.25) is 9.78 Å². The Morgan fingerprint density at radius 1 is 1.30 bits per heavy atom. The molecule has 0 unspecified atom stereocenters. The number of ether oxygens (including phenoxy) is 1. The number of pyridine rings is 1. The van der Waals surface area contributed by atoms with Crippen molar-refractivity contribution >= 4 is 11.6 Å². The first-order valence-corrected chi connectivity index (χ1v) is 6.31. The van der Waals surface area contributed by atoms with Crippen LogP contribution >= 0.6 is 0 Å². The number of hydrogen-bond acceptors (Lipinski definition) is 4. The zero-order valence-electron chi connectivity index (χ0n) is 11.3. The smallest absolute Gasteiger partial charge is 0.258 e. The third-order valence-corrected chi connectivity index (χ3v) is 2.64. The van der Waals surface area contributed by atoms with E-state index in [1.54, 1.807) is 24.3 Å². The fourth-order valence-electron chi connectivity index (χ4n) is 1.69. The van der Waals surface area contributed by atoms with Crippen LogP contribution in [0, 0.1) is 6.92 Å². The summed E-state index contributed by atoms with van der Waals surface area (Å²) >= 11 is 0. The second-order valence-electron chi connectivity index (χ2n) is 4.41. The second kappa shape index (κ2) is 6.56. The van der Waals surface area contributed by atoms with Gasteiger partial charge in [-0.2, -0.15) is 0 Å². The van der Waals surface area contributed by atoms with Crippen molar-refractivity contribution in [2.24, 2.45) is 0 Å². The van der Waals surface area contributed by atoms with E-state index in [1.165, 1.54) is 0 Å². The third kappa shape index (κ3) is 4.28. The predicted octanol–water partition coefficient (Wildman–Crippen LogP) is 1.67. The second-order valence-corrected chi connectivity index (χ2v) is 4.41. The molecule has 5 nitrogen and oxygen atoms in total. The maximum absolute atomic E-state index is 11.7. The molecule has 1 aromatic carbocycles. The molecule has 0 spiro atoms. The summed E-state index contributed by atoms with van der Waals surface area (Å²) in [5.74, 6) is 0.379. The van der Waals surface area contributed by atoms with Crippen LogP contribution in [0.5, 0.6) is 5.75 Å². The molecule has 0 aliphatic rings. The number of carbonyl (C=O) groups excluding carboxylic acids is 1. The summed E-state index contributed by atoms with van der Waals surface area (Å²) < 4.78 is 5.35. The maximum Gasteiger partial charge on any atom is 0.258 e. The number of anilines is 1. The van der Waals surface area contributed by atoms with Crippen molar-refractivity contribution in [3.8, 4) is 5.75 Å². The quantitative estimate of drug-likeness (QED) is 0.811. The molecule has 0 bridgehead atoms. The Morgan fingerprint density at radius 3 is 2.85 bits per heavy atom. The SMILES string of the molecule is Cc1cccc(CNC(=O)COc2cccc(N)c2)n1. The van der Waals surface area contributed by atoms with Crippen molar-refractivity contribution < 1.29 is 9.53 Å². The number of rotatable bonds is 5. The zero-order valence-corrected chi connectivity index (χ0v) is 11.3. The molecule has 0 radical (unpaired) electrons. The number of hydrogen-bond donors (Lipinski definition) is 2. The maximum atomic E-state index is 11.7. The fraction of sp³-hybridized carbons (Fsp3) is 0.200. The summed E-state index contributed by atoms with van der Waals surface area (Å²) in [6.07, 6.45) is 0. The number of benzene rings is 1. The van der Waals surface area contributed by atoms with Crippen molar-refractivity contribution in [3.63, 3.8) is 0 Å². The lowest BCUT2D eigenvalue weighted by molar-refractivity contribution is -0.123. The van der Waals surface area contributed by atoms with Crippen LogP contribution in [0.15, 0.2) is 42.5 Å². The third-order valence-electron chi connectivity index (χ3n) is 2.64. The average Bonchev–Trinajstić information content (AvgIpc) is 2.43. The predicted molar refractivity (Wildman–Crippen MR) is 77.2 cm³/mol. The highest BCUT2D eigenvalue weighted by Crippen LogP contribution is 2.13. The standard InChI is InChI=1S/C15H17N3O2/c1-11-4-2-6-13(18-11)9-17-15(19)10-20-14-7-3-5-12(16)8-14/h2-8H,9-10,16H2,1H3,(H,17,19). The Labute approximate surface area is 117 Å². The van der Waals surface area contributed by atoms with Gasteiger partial charge in [0.15, 0.2) is 6.61 Å². The molecule has 0 fully saturated rings. The van der Waals surface area contributed by atoms with Gasteiger partial charge >= 0.3 is 0 Å². The molecule has 0 saturated carbocycles. The molecule has 0 aliphatic carbocycles. The van der Waals surface area contributed by atoms with Crippen molar-refractivity contribution in [2.75, 3.05) is 12.3 Å². The van der Waals surface area contributed by atoms with Gasteiger partial charge in [-0.1, -0.05) is 12.1 Å². The van der Waals surface area contributed by atoms with Gasteiger partial charge in [-0.15, -0.1) is 0 Å². The topological polar surface area (TPSA) is 77.2 Å². The normalized spacial score (nSPS) is 10.1. The van der Waals surface area contributed by atoms with E-state index >= 15 is 0 Å². The lowest BCUT2D eigenvalue weighted by Crippen LogP contribution is -2.28. The summed E-state index contributed by atoms with van der Waals surface area (Å²) in [5, 5.41) is 2.75. The minimum atomic E-state index is -0.198. The number of nitrogen functional groups attached to an aromatic ring is 1. The Hall–Kier alpha value is -2.56. The van der Waals surface area contributed by atoms with E-state index in [9.17, 15) is 4.79 Å². The molecule has 1 aromatic heterocycles. The molecule has 2 aromatic rings. The van der Waals surface area contributed by atoms with Crippen LogP contribution in [-0.4, -0.2) is 17.5 Å². The highest BCUT2D eigenvalue weighted by molar-refractivity contribution is 5.77. The van der Waals surface area contributed by atoms with Crippen molar-refractivity contribution in [1.82, 2.24) is 10.3 Å². The molecular formula is C15H17N3O2. The van der Waals surface area contributed by atoms with Gasteiger partial charge in [0.05, 0.1) is 12.2 Å². The molecule has 2 rings (SSSR count). The van der Waals surface area contributed by atoms with Crippen LogP contribution in [0.2, 0.25) is 0 Å². The molecule has 0 atom stereocenters. The minimum Gasteiger partial charge on any atom is -0.484 e. The summed E-state index contributed by atoms with van der Waals surface area (Å²) in [6.45, 7) is 2.25. The lowest BCUT2D eigenvalue weighted by atomic mass is 10.3. The van der Waals surface area contributed by atoms with Gasteiger partial charge in [0.1, 0.15) is 5.75 Å². The zero-order chi connectivity index (χ0) is 14.4. The van der Waals surface area contributed by atoms with E-state index in [1.807, 2.05) is 25.1 Å². The molecule has 1 heterocycles. The highest BCUT2D eigenvalue weighted by atomic mass is 16.5. The van der Waals surface area contributed by atoms with Gasteiger partial charge in [-0.25, -0.2) is 0 Å². The largest absolute Gasteiger partial charge is 0.484 e. The Balaban J connectivity index is 1.78. The minimum absolute atomic E-state index is 0.0464. The van der Waals surface area contributed by atoms with E-state index in [4.69, 9.17) is 10.5 Å². The van der Waals surface area contributed by atoms with Crippen molar-refractivity contribution in [2.45, 2.75) is 13.5 Å². The molecule has 20 heavy (non-hydrogen) atoms. The first-order valence-electron chi connectivity index (χ1n) is 6.31. The van der Waals surface area contributed by atoms with Crippen LogP contribution in [0.4, 0.5) is 5.69 Å². The number of nitrogens with two attached hydrogens (primary N) is 1. The van der Waals surface area contributed by atoms with E-state index in [0.29, 0.717) is 18.0 Å². The van der Waals surface area contributed by atoms with Crippen LogP contribution in [0.3, 0.4) is 0 Å². The first kappa shape index (κ1) is 13.9. The average molecular weight is 271 g/mol. The number of aryl methyl sites for hydroxylation is 1. The van der Waals surface area contributed by atoms with Crippen LogP contribution in [-0.2, 0) is 11.3 Å². The van der Waals surface area contributed by atoms with Crippen molar-refractivity contribution in [3.05, 3.63) is 53.9 Å². The molecule has 3 N–H and O–H groups in total. The number of amides is 1. The monoisotopic (exact) mass is 271 g/mol. The van der Waals surface area contributed by atoms with Gasteiger partial charge < -0.3 is 15.8 Å². The number of nitrogens with one attached hydrogen (secondary N) is 1. The van der Waals surface area contributed by atoms with E-state index in [2.05, 4.69) is 10.3 Å². The molecule has 0 aliphatic heterocycles. The van der Waals surface area contributed by atoms with Gasteiger partial charge in [0, 0.05) is 17.4 Å². The summed E-state index contributed by atoms with van der Waals surface area (Å²) in [6, 6.07) is 12.7. The van der Waals surface area contributed by atoms with Crippen LogP contribution in [0.25, 0.3) is 0 Å². The number of carbonyl (C=O) groups is 1. The Morgan fingerprint density at radius 2 is 2.10 bits per heavy atom. The van der Waals surface area contributed by atoms with Gasteiger partial charge in [0.2, 0.25) is 0 Å². The molecular weight excluding hydrogens is 254 g/mol. The van der Waals surface area contributed by atoms with Gasteiger partial charge in [0.25, 0.3) is 5.91 Å². The number of nitrogens with zero attached hydrogens (tertiary/aromatic N) is 1. The molecule has 5 heteroatoms. The molecule has 1 amide bonds. The molecule has 104 valence electrons. The Kier molecular flexibility index (Phi) is 4.55. The van der Waals surface area contributed by atoms with Crippen LogP contribution < -0.4 is 15.8 Å². The summed E-state index contributed by atoms with van der Waals surface area (Å²) in [5.41, 5.74) is 7.97. The van der Waals surface area contributed by atoms with E-state index in [-0.39, 0.29) is 12.5 Å². The Bertz CT molecular complexity index is 548. The number of aromatic nitrogens is 1. The van der Waals surface area contributed by atoms with E-state index in [0.717, 1.165) is 11.4 Å². The first-order chi connectivity index (χ1) is 9.63. The molecule has 0 saturated heterocycles. The lowest BCUT2D eigenvalue weighted by Gasteiger charge is -2.08. The van der Waals surface area contributed by atoms with E-state index < -0.39 is 0 Å².